The molecule has 248 valence electrons. The van der Waals surface area contributed by atoms with Gasteiger partial charge < -0.3 is 10.5 Å². The Bertz CT molecular complexity index is 1380. The molecule has 2 heterocycles. The number of hydrogen-bond acceptors (Lipinski definition) is 9. The van der Waals surface area contributed by atoms with Gasteiger partial charge in [-0.3, -0.25) is 43.6 Å². The Kier molecular flexibility index (Phi) is 14.6. The van der Waals surface area contributed by atoms with Crippen molar-refractivity contribution in [3.8, 4) is 0 Å². The Balaban J connectivity index is 0.000000537. The second-order valence-corrected chi connectivity index (χ2v) is 12.3. The fourth-order valence-corrected chi connectivity index (χ4v) is 5.35. The average Bonchev–Trinajstić information content (AvgIpc) is 2.99. The van der Waals surface area contributed by atoms with E-state index in [4.69, 9.17) is 15.0 Å². The number of piperidine rings is 1. The molecule has 1 unspecified atom stereocenters. The number of aryl methyl sites for hydroxylation is 2. The molecule has 3 atom stereocenters. The number of hydrogen-bond donors (Lipinski definition) is 2. The minimum Gasteiger partial charge on any atom is -0.436 e. The lowest BCUT2D eigenvalue weighted by atomic mass is 9.91. The monoisotopic (exact) mass is 647 g/mol. The van der Waals surface area contributed by atoms with Crippen LogP contribution in [0.4, 0.5) is 0 Å². The summed E-state index contributed by atoms with van der Waals surface area (Å²) < 4.78 is 34.9. The van der Waals surface area contributed by atoms with Crippen LogP contribution >= 0.6 is 0 Å². The number of esters is 1. The number of aromatic nitrogens is 1. The van der Waals surface area contributed by atoms with Crippen LogP contribution in [-0.4, -0.2) is 89.0 Å². The molecule has 1 aromatic heterocycles. The van der Waals surface area contributed by atoms with Crippen LogP contribution in [0, 0.1) is 18.8 Å². The Labute approximate surface area is 265 Å². The number of pyridine rings is 1. The molecule has 1 saturated heterocycles. The molecular formula is C31H45N5O8S. The van der Waals surface area contributed by atoms with Crippen LogP contribution in [0.25, 0.3) is 0 Å². The summed E-state index contributed by atoms with van der Waals surface area (Å²) >= 11 is 0. The molecule has 45 heavy (non-hydrogen) atoms. The number of amides is 3. The first-order chi connectivity index (χ1) is 21.2. The average molecular weight is 648 g/mol. The second kappa shape index (κ2) is 17.6. The molecule has 1 fully saturated rings. The SMILES string of the molecule is CCN(CC)C(OC(=O)[C@H](C)CN(C(C)=O)N1CCC[C@@H](CCc2ccncc2)C1=O)C(N)=O.Cc1ccc(S(=O)(=O)O)cc1. The quantitative estimate of drug-likeness (QED) is 0.186. The number of rotatable bonds is 13. The Morgan fingerprint density at radius 3 is 2.22 bits per heavy atom. The molecule has 3 amide bonds. The number of primary amides is 1. The summed E-state index contributed by atoms with van der Waals surface area (Å²) in [4.78, 5) is 55.8. The van der Waals surface area contributed by atoms with Crippen LogP contribution < -0.4 is 5.73 Å². The lowest BCUT2D eigenvalue weighted by Crippen LogP contribution is -2.55. The van der Waals surface area contributed by atoms with Gasteiger partial charge in [0.25, 0.3) is 16.0 Å². The minimum absolute atomic E-state index is 0.0271. The number of nitrogens with zero attached hydrogens (tertiary/aromatic N) is 4. The second-order valence-electron chi connectivity index (χ2n) is 10.9. The molecule has 1 aromatic carbocycles. The number of nitrogens with two attached hydrogens (primary N) is 1. The maximum absolute atomic E-state index is 13.2. The third-order valence-corrected chi connectivity index (χ3v) is 8.36. The lowest BCUT2D eigenvalue weighted by Gasteiger charge is -2.40. The van der Waals surface area contributed by atoms with E-state index in [2.05, 4.69) is 4.98 Å². The zero-order chi connectivity index (χ0) is 33.7. The lowest BCUT2D eigenvalue weighted by molar-refractivity contribution is -0.178. The van der Waals surface area contributed by atoms with Crippen molar-refractivity contribution in [2.24, 2.45) is 17.6 Å². The van der Waals surface area contributed by atoms with Crippen LogP contribution in [0.3, 0.4) is 0 Å². The van der Waals surface area contributed by atoms with E-state index in [1.807, 2.05) is 32.9 Å². The van der Waals surface area contributed by atoms with Crippen LogP contribution in [-0.2, 0) is 40.5 Å². The first kappa shape index (κ1) is 37.3. The highest BCUT2D eigenvalue weighted by molar-refractivity contribution is 7.85. The highest BCUT2D eigenvalue weighted by atomic mass is 32.2. The molecule has 14 heteroatoms. The highest BCUT2D eigenvalue weighted by Gasteiger charge is 2.36. The van der Waals surface area contributed by atoms with Crippen LogP contribution in [0.5, 0.6) is 0 Å². The Morgan fingerprint density at radius 2 is 1.71 bits per heavy atom. The van der Waals surface area contributed by atoms with Crippen molar-refractivity contribution in [1.82, 2.24) is 19.9 Å². The van der Waals surface area contributed by atoms with Crippen molar-refractivity contribution in [3.05, 3.63) is 59.9 Å². The normalized spacial score (nSPS) is 16.3. The summed E-state index contributed by atoms with van der Waals surface area (Å²) in [5, 5.41) is 2.78. The molecule has 0 spiro atoms. The van der Waals surface area contributed by atoms with Crippen molar-refractivity contribution < 1.29 is 36.9 Å². The predicted octanol–water partition coefficient (Wildman–Crippen LogP) is 2.59. The summed E-state index contributed by atoms with van der Waals surface area (Å²) in [7, 11) is -4.02. The maximum atomic E-state index is 13.2. The van der Waals surface area contributed by atoms with Gasteiger partial charge in [0.1, 0.15) is 0 Å². The topological polar surface area (TPSA) is 181 Å². The summed E-state index contributed by atoms with van der Waals surface area (Å²) in [5.41, 5.74) is 7.49. The molecule has 2 aromatic rings. The molecule has 1 aliphatic rings. The van der Waals surface area contributed by atoms with Crippen molar-refractivity contribution >= 4 is 33.8 Å². The number of ether oxygens (including phenoxy) is 1. The van der Waals surface area contributed by atoms with E-state index < -0.39 is 34.1 Å². The molecule has 0 aliphatic carbocycles. The van der Waals surface area contributed by atoms with E-state index in [-0.39, 0.29) is 29.2 Å². The van der Waals surface area contributed by atoms with Crippen molar-refractivity contribution in [3.63, 3.8) is 0 Å². The smallest absolute Gasteiger partial charge is 0.312 e. The molecule has 0 saturated carbocycles. The number of hydrazine groups is 1. The van der Waals surface area contributed by atoms with Gasteiger partial charge in [0, 0.05) is 31.8 Å². The van der Waals surface area contributed by atoms with E-state index in [9.17, 15) is 27.6 Å². The van der Waals surface area contributed by atoms with Crippen LogP contribution in [0.2, 0.25) is 0 Å². The van der Waals surface area contributed by atoms with Gasteiger partial charge in [-0.2, -0.15) is 8.42 Å². The fraction of sp³-hybridized carbons (Fsp3) is 0.516. The van der Waals surface area contributed by atoms with Crippen molar-refractivity contribution in [1.29, 1.82) is 0 Å². The maximum Gasteiger partial charge on any atom is 0.312 e. The Hall–Kier alpha value is -3.88. The minimum atomic E-state index is -4.02. The van der Waals surface area contributed by atoms with Gasteiger partial charge in [-0.05, 0) is 75.5 Å². The predicted molar refractivity (Wildman–Crippen MR) is 167 cm³/mol. The van der Waals surface area contributed by atoms with Gasteiger partial charge in [-0.1, -0.05) is 38.5 Å². The number of carbonyl (C=O) groups is 4. The molecule has 13 nitrogen and oxygen atoms in total. The fourth-order valence-electron chi connectivity index (χ4n) is 4.86. The number of benzene rings is 1. The van der Waals surface area contributed by atoms with E-state index in [0.29, 0.717) is 26.1 Å². The summed E-state index contributed by atoms with van der Waals surface area (Å²) in [6, 6.07) is 9.84. The van der Waals surface area contributed by atoms with Crippen LogP contribution in [0.1, 0.15) is 58.1 Å². The summed E-state index contributed by atoms with van der Waals surface area (Å²) in [5.74, 6) is -2.82. The van der Waals surface area contributed by atoms with Crippen molar-refractivity contribution in [2.45, 2.75) is 71.4 Å². The third kappa shape index (κ3) is 11.5. The molecule has 0 bridgehead atoms. The molecule has 0 radical (unpaired) electrons. The van der Waals surface area contributed by atoms with Gasteiger partial charge in [-0.25, -0.2) is 0 Å². The van der Waals surface area contributed by atoms with Gasteiger partial charge in [0.2, 0.25) is 18.0 Å². The largest absolute Gasteiger partial charge is 0.436 e. The van der Waals surface area contributed by atoms with Gasteiger partial charge in [-0.15, -0.1) is 0 Å². The van der Waals surface area contributed by atoms with Gasteiger partial charge in [0.05, 0.1) is 17.4 Å². The first-order valence-corrected chi connectivity index (χ1v) is 16.4. The molecule has 3 N–H and O–H groups in total. The first-order valence-electron chi connectivity index (χ1n) is 15.0. The summed E-state index contributed by atoms with van der Waals surface area (Å²) in [6.07, 6.45) is 5.22. The van der Waals surface area contributed by atoms with E-state index in [0.717, 1.165) is 30.4 Å². The standard InChI is InChI=1S/C24H37N5O5.C7H8O3S/c1-5-27(6-2)23(21(25)31)34-24(33)17(3)16-29(18(4)30)28-15-7-8-20(22(28)32)10-9-19-11-13-26-14-12-19;1-6-2-4-7(5-3-6)11(8,9)10/h11-14,17,20,23H,5-10,15-16H2,1-4H3,(H2,25,31);2-5H,1H3,(H,8,9,10)/t17-,20+,23?;/m1./s1. The zero-order valence-corrected chi connectivity index (χ0v) is 27.4. The van der Waals surface area contributed by atoms with Crippen molar-refractivity contribution in [2.75, 3.05) is 26.2 Å². The summed E-state index contributed by atoms with van der Waals surface area (Å²) in [6.45, 7) is 9.83. The van der Waals surface area contributed by atoms with Gasteiger partial charge in [0.15, 0.2) is 0 Å². The number of likely N-dealkylation sites (N-methyl/N-ethyl adjacent to an activating group) is 1. The molecule has 1 aliphatic heterocycles. The third-order valence-electron chi connectivity index (χ3n) is 7.50. The van der Waals surface area contributed by atoms with E-state index >= 15 is 0 Å². The Morgan fingerprint density at radius 1 is 1.11 bits per heavy atom. The zero-order valence-electron chi connectivity index (χ0n) is 26.6. The van der Waals surface area contributed by atoms with E-state index in [1.54, 1.807) is 36.4 Å². The molecule has 3 rings (SSSR count). The van der Waals surface area contributed by atoms with E-state index in [1.165, 1.54) is 29.1 Å². The number of carbonyl (C=O) groups excluding carboxylic acids is 4. The van der Waals surface area contributed by atoms with Gasteiger partial charge >= 0.3 is 5.97 Å². The van der Waals surface area contributed by atoms with Crippen LogP contribution in [0.15, 0.2) is 53.7 Å². The highest BCUT2D eigenvalue weighted by Crippen LogP contribution is 2.25. The molecular weight excluding hydrogens is 602 g/mol.